The Morgan fingerprint density at radius 2 is 1.47 bits per heavy atom. The Morgan fingerprint density at radius 3 is 1.89 bits per heavy atom. The van der Waals surface area contributed by atoms with Gasteiger partial charge in [-0.3, -0.25) is 14.4 Å². The second kappa shape index (κ2) is 6.54. The molecule has 0 aliphatic heterocycles. The molecule has 0 unspecified atom stereocenters. The summed E-state index contributed by atoms with van der Waals surface area (Å²) in [4.78, 5) is 33.8. The molecular weight excluding hydrogens is 248 g/mol. The molecular formula is C13H24N2O4. The molecule has 0 spiro atoms. The Hall–Kier alpha value is -1.59. The van der Waals surface area contributed by atoms with Gasteiger partial charge in [-0.25, -0.2) is 0 Å². The first-order valence-electron chi connectivity index (χ1n) is 6.21. The maximum absolute atomic E-state index is 11.5. The zero-order valence-electron chi connectivity index (χ0n) is 12.3. The van der Waals surface area contributed by atoms with E-state index in [1.165, 1.54) is 13.8 Å². The van der Waals surface area contributed by atoms with Crippen molar-refractivity contribution in [1.82, 2.24) is 10.6 Å². The van der Waals surface area contributed by atoms with E-state index in [0.717, 1.165) is 0 Å². The zero-order valence-corrected chi connectivity index (χ0v) is 12.3. The molecule has 0 aliphatic carbocycles. The van der Waals surface area contributed by atoms with Crippen LogP contribution in [0.1, 0.15) is 41.0 Å². The fraction of sp³-hybridized carbons (Fsp3) is 0.769. The molecule has 0 fully saturated rings. The minimum Gasteiger partial charge on any atom is -0.481 e. The fourth-order valence-corrected chi connectivity index (χ4v) is 1.18. The van der Waals surface area contributed by atoms with Crippen LogP contribution in [0.2, 0.25) is 0 Å². The number of hydrogen-bond donors (Lipinski definition) is 3. The summed E-state index contributed by atoms with van der Waals surface area (Å²) in [6.45, 7) is 8.73. The summed E-state index contributed by atoms with van der Waals surface area (Å²) in [5.41, 5.74) is -1.16. The third kappa shape index (κ3) is 8.18. The third-order valence-electron chi connectivity index (χ3n) is 2.44. The van der Waals surface area contributed by atoms with Crippen LogP contribution in [0.25, 0.3) is 0 Å². The van der Waals surface area contributed by atoms with Crippen molar-refractivity contribution in [3.8, 4) is 0 Å². The Morgan fingerprint density at radius 1 is 0.947 bits per heavy atom. The van der Waals surface area contributed by atoms with Gasteiger partial charge in [0.2, 0.25) is 11.8 Å². The lowest BCUT2D eigenvalue weighted by molar-refractivity contribution is -0.146. The lowest BCUT2D eigenvalue weighted by Gasteiger charge is -2.20. The van der Waals surface area contributed by atoms with Gasteiger partial charge in [0.1, 0.15) is 0 Å². The van der Waals surface area contributed by atoms with E-state index in [-0.39, 0.29) is 24.4 Å². The molecule has 19 heavy (non-hydrogen) atoms. The van der Waals surface area contributed by atoms with E-state index in [0.29, 0.717) is 6.42 Å². The third-order valence-corrected chi connectivity index (χ3v) is 2.44. The predicted octanol–water partition coefficient (Wildman–Crippen LogP) is 0.766. The number of amides is 2. The highest BCUT2D eigenvalue weighted by atomic mass is 16.4. The van der Waals surface area contributed by atoms with E-state index in [9.17, 15) is 14.4 Å². The molecule has 0 aromatic carbocycles. The standard InChI is InChI=1S/C13H24N2O4/c1-12(2,3)6-9(16)14-7-10(17)15-8-13(4,5)11(18)19/h6-8H2,1-5H3,(H,14,16)(H,15,17)(H,18,19). The highest BCUT2D eigenvalue weighted by Crippen LogP contribution is 2.17. The van der Waals surface area contributed by atoms with Crippen molar-refractivity contribution in [2.24, 2.45) is 10.8 Å². The minimum atomic E-state index is -1.02. The molecule has 3 N–H and O–H groups in total. The summed E-state index contributed by atoms with van der Waals surface area (Å²) in [5.74, 6) is -1.57. The highest BCUT2D eigenvalue weighted by Gasteiger charge is 2.27. The van der Waals surface area contributed by atoms with Gasteiger partial charge in [-0.1, -0.05) is 20.8 Å². The Balaban J connectivity index is 4.01. The Bertz CT molecular complexity index is 356. The summed E-state index contributed by atoms with van der Waals surface area (Å²) in [6.07, 6.45) is 0.334. The SMILES string of the molecule is CC(C)(C)CC(=O)NCC(=O)NCC(C)(C)C(=O)O. The van der Waals surface area contributed by atoms with E-state index in [1.54, 1.807) is 0 Å². The number of carbonyl (C=O) groups is 3. The smallest absolute Gasteiger partial charge is 0.310 e. The molecule has 2 amide bonds. The molecule has 0 atom stereocenters. The maximum atomic E-state index is 11.5. The first kappa shape index (κ1) is 17.4. The highest BCUT2D eigenvalue weighted by molar-refractivity contribution is 5.85. The Labute approximate surface area is 113 Å². The predicted molar refractivity (Wildman–Crippen MR) is 71.5 cm³/mol. The van der Waals surface area contributed by atoms with E-state index in [4.69, 9.17) is 5.11 Å². The van der Waals surface area contributed by atoms with Gasteiger partial charge in [0.15, 0.2) is 0 Å². The first-order chi connectivity index (χ1) is 8.44. The van der Waals surface area contributed by atoms with Gasteiger partial charge in [0.05, 0.1) is 12.0 Å². The Kier molecular flexibility index (Phi) is 5.99. The second-order valence-electron chi connectivity index (χ2n) is 6.48. The van der Waals surface area contributed by atoms with E-state index in [1.807, 2.05) is 20.8 Å². The quantitative estimate of drug-likeness (QED) is 0.665. The van der Waals surface area contributed by atoms with Gasteiger partial charge in [-0.05, 0) is 19.3 Å². The number of carboxylic acid groups (broad SMARTS) is 1. The minimum absolute atomic E-state index is 0.0241. The van der Waals surface area contributed by atoms with Crippen molar-refractivity contribution in [1.29, 1.82) is 0 Å². The molecule has 0 radical (unpaired) electrons. The molecule has 0 aromatic heterocycles. The normalized spacial score (nSPS) is 11.8. The average Bonchev–Trinajstić information content (AvgIpc) is 2.21. The van der Waals surface area contributed by atoms with Gasteiger partial charge in [0.25, 0.3) is 0 Å². The van der Waals surface area contributed by atoms with Crippen molar-refractivity contribution in [3.05, 3.63) is 0 Å². The van der Waals surface area contributed by atoms with Crippen molar-refractivity contribution < 1.29 is 19.5 Å². The number of carboxylic acids is 1. The molecule has 0 saturated carbocycles. The number of rotatable bonds is 6. The number of hydrogen-bond acceptors (Lipinski definition) is 3. The summed E-state index contributed by atoms with van der Waals surface area (Å²) < 4.78 is 0. The molecule has 0 aliphatic rings. The van der Waals surface area contributed by atoms with Crippen LogP contribution in [-0.4, -0.2) is 36.0 Å². The lowest BCUT2D eigenvalue weighted by Crippen LogP contribution is -2.43. The summed E-state index contributed by atoms with van der Waals surface area (Å²) in [7, 11) is 0. The summed E-state index contributed by atoms with van der Waals surface area (Å²) in [5, 5.41) is 13.9. The van der Waals surface area contributed by atoms with E-state index >= 15 is 0 Å². The summed E-state index contributed by atoms with van der Waals surface area (Å²) in [6, 6.07) is 0. The fourth-order valence-electron chi connectivity index (χ4n) is 1.18. The van der Waals surface area contributed by atoms with Crippen LogP contribution in [0, 0.1) is 10.8 Å². The molecule has 6 heteroatoms. The van der Waals surface area contributed by atoms with Crippen molar-refractivity contribution in [2.75, 3.05) is 13.1 Å². The van der Waals surface area contributed by atoms with Gasteiger partial charge in [-0.2, -0.15) is 0 Å². The van der Waals surface area contributed by atoms with Crippen molar-refractivity contribution in [3.63, 3.8) is 0 Å². The van der Waals surface area contributed by atoms with Crippen LogP contribution in [0.4, 0.5) is 0 Å². The van der Waals surface area contributed by atoms with Crippen molar-refractivity contribution in [2.45, 2.75) is 41.0 Å². The van der Waals surface area contributed by atoms with Gasteiger partial charge < -0.3 is 15.7 Å². The first-order valence-corrected chi connectivity index (χ1v) is 6.21. The van der Waals surface area contributed by atoms with Crippen LogP contribution >= 0.6 is 0 Å². The van der Waals surface area contributed by atoms with E-state index in [2.05, 4.69) is 10.6 Å². The van der Waals surface area contributed by atoms with Gasteiger partial charge >= 0.3 is 5.97 Å². The monoisotopic (exact) mass is 272 g/mol. The largest absolute Gasteiger partial charge is 0.481 e. The van der Waals surface area contributed by atoms with Crippen LogP contribution in [-0.2, 0) is 14.4 Å². The van der Waals surface area contributed by atoms with Crippen LogP contribution in [0.15, 0.2) is 0 Å². The average molecular weight is 272 g/mol. The summed E-state index contributed by atoms with van der Waals surface area (Å²) >= 11 is 0. The van der Waals surface area contributed by atoms with Crippen LogP contribution < -0.4 is 10.6 Å². The zero-order chi connectivity index (χ0) is 15.3. The molecule has 0 heterocycles. The van der Waals surface area contributed by atoms with Gasteiger partial charge in [-0.15, -0.1) is 0 Å². The molecule has 0 saturated heterocycles. The van der Waals surface area contributed by atoms with E-state index < -0.39 is 17.3 Å². The molecule has 110 valence electrons. The molecule has 0 aromatic rings. The second-order valence-corrected chi connectivity index (χ2v) is 6.48. The number of carbonyl (C=O) groups excluding carboxylic acids is 2. The van der Waals surface area contributed by atoms with Crippen LogP contribution in [0.3, 0.4) is 0 Å². The van der Waals surface area contributed by atoms with Crippen molar-refractivity contribution >= 4 is 17.8 Å². The van der Waals surface area contributed by atoms with Gasteiger partial charge in [0, 0.05) is 13.0 Å². The molecule has 0 bridgehead atoms. The number of nitrogens with one attached hydrogen (secondary N) is 2. The van der Waals surface area contributed by atoms with Crippen LogP contribution in [0.5, 0.6) is 0 Å². The molecule has 6 nitrogen and oxygen atoms in total. The maximum Gasteiger partial charge on any atom is 0.310 e. The topological polar surface area (TPSA) is 95.5 Å². The number of aliphatic carboxylic acids is 1. The lowest BCUT2D eigenvalue weighted by atomic mass is 9.92. The molecule has 0 rings (SSSR count).